The third-order valence-electron chi connectivity index (χ3n) is 3.72. The van der Waals surface area contributed by atoms with Gasteiger partial charge >= 0.3 is 0 Å². The van der Waals surface area contributed by atoms with Gasteiger partial charge in [0.1, 0.15) is 16.5 Å². The fraction of sp³-hybridized carbons (Fsp3) is 0.625. The first-order valence-electron chi connectivity index (χ1n) is 7.75. The molecule has 116 valence electrons. The topological polar surface area (TPSA) is 41.1 Å². The number of hydrogen-bond donors (Lipinski definition) is 1. The smallest absolute Gasteiger partial charge is 0.146 e. The molecule has 0 aliphatic carbocycles. The van der Waals surface area contributed by atoms with E-state index in [1.807, 2.05) is 0 Å². The van der Waals surface area contributed by atoms with Gasteiger partial charge in [-0.3, -0.25) is 4.90 Å². The molecule has 2 aromatic rings. The minimum Gasteiger partial charge on any atom is -0.370 e. The van der Waals surface area contributed by atoms with Gasteiger partial charge in [0, 0.05) is 11.4 Å². The van der Waals surface area contributed by atoms with E-state index in [9.17, 15) is 0 Å². The SMILES string of the molecule is CCCCN(C)Cc1nc(NCC)c2c(C)c(C)sc2n1. The Kier molecular flexibility index (Phi) is 5.53. The molecule has 0 aromatic carbocycles. The molecule has 0 amide bonds. The lowest BCUT2D eigenvalue weighted by Crippen LogP contribution is -2.20. The molecule has 0 fully saturated rings. The molecule has 0 saturated carbocycles. The molecule has 0 spiro atoms. The van der Waals surface area contributed by atoms with E-state index in [0.29, 0.717) is 0 Å². The molecule has 0 radical (unpaired) electrons. The fourth-order valence-electron chi connectivity index (χ4n) is 2.41. The van der Waals surface area contributed by atoms with Crippen LogP contribution in [0.2, 0.25) is 0 Å². The Balaban J connectivity index is 2.33. The van der Waals surface area contributed by atoms with Crippen LogP contribution in [0.3, 0.4) is 0 Å². The number of thiophene rings is 1. The number of hydrogen-bond acceptors (Lipinski definition) is 5. The molecule has 2 heterocycles. The zero-order valence-electron chi connectivity index (χ0n) is 13.8. The maximum atomic E-state index is 4.77. The van der Waals surface area contributed by atoms with Crippen molar-refractivity contribution in [3.8, 4) is 0 Å². The zero-order valence-corrected chi connectivity index (χ0v) is 14.6. The van der Waals surface area contributed by atoms with Crippen molar-refractivity contribution in [1.82, 2.24) is 14.9 Å². The first-order valence-corrected chi connectivity index (χ1v) is 8.57. The minimum absolute atomic E-state index is 0.810. The lowest BCUT2D eigenvalue weighted by molar-refractivity contribution is 0.313. The van der Waals surface area contributed by atoms with Crippen molar-refractivity contribution < 1.29 is 0 Å². The summed E-state index contributed by atoms with van der Waals surface area (Å²) < 4.78 is 0. The summed E-state index contributed by atoms with van der Waals surface area (Å²) in [5.41, 5.74) is 1.30. The summed E-state index contributed by atoms with van der Waals surface area (Å²) in [5, 5.41) is 4.59. The van der Waals surface area contributed by atoms with Crippen LogP contribution in [-0.2, 0) is 6.54 Å². The van der Waals surface area contributed by atoms with Gasteiger partial charge < -0.3 is 5.32 Å². The number of unbranched alkanes of at least 4 members (excludes halogenated alkanes) is 1. The van der Waals surface area contributed by atoms with Gasteiger partial charge in [-0.05, 0) is 46.3 Å². The third kappa shape index (κ3) is 3.71. The third-order valence-corrected chi connectivity index (χ3v) is 4.83. The number of nitrogens with one attached hydrogen (secondary N) is 1. The van der Waals surface area contributed by atoms with Crippen LogP contribution in [-0.4, -0.2) is 35.0 Å². The molecule has 0 unspecified atom stereocenters. The molecule has 0 aliphatic heterocycles. The summed E-state index contributed by atoms with van der Waals surface area (Å²) in [4.78, 5) is 14.3. The van der Waals surface area contributed by atoms with E-state index in [2.05, 4.69) is 45.0 Å². The number of nitrogens with zero attached hydrogens (tertiary/aromatic N) is 3. The molecule has 21 heavy (non-hydrogen) atoms. The largest absolute Gasteiger partial charge is 0.370 e. The van der Waals surface area contributed by atoms with Crippen molar-refractivity contribution in [2.24, 2.45) is 0 Å². The fourth-order valence-corrected chi connectivity index (χ4v) is 3.46. The molecule has 2 rings (SSSR count). The first-order chi connectivity index (χ1) is 10.1. The number of fused-ring (bicyclic) bond motifs is 1. The Labute approximate surface area is 131 Å². The molecule has 0 bridgehead atoms. The van der Waals surface area contributed by atoms with Crippen molar-refractivity contribution in [1.29, 1.82) is 0 Å². The molecule has 2 aromatic heterocycles. The number of anilines is 1. The molecule has 0 aliphatic rings. The van der Waals surface area contributed by atoms with E-state index < -0.39 is 0 Å². The molecule has 5 heteroatoms. The summed E-state index contributed by atoms with van der Waals surface area (Å²) in [7, 11) is 2.14. The maximum absolute atomic E-state index is 4.77. The molecule has 1 N–H and O–H groups in total. The predicted octanol–water partition coefficient (Wildman–Crippen LogP) is 3.97. The standard InChI is InChI=1S/C16H26N4S/c1-6-8-9-20(5)10-13-18-15(17-7-2)14-11(3)12(4)21-16(14)19-13/h6-10H2,1-5H3,(H,17,18,19). The van der Waals surface area contributed by atoms with Gasteiger partial charge in [0.2, 0.25) is 0 Å². The lowest BCUT2D eigenvalue weighted by atomic mass is 10.2. The van der Waals surface area contributed by atoms with Gasteiger partial charge in [-0.15, -0.1) is 11.3 Å². The van der Waals surface area contributed by atoms with Crippen LogP contribution in [0, 0.1) is 13.8 Å². The van der Waals surface area contributed by atoms with Gasteiger partial charge in [0.25, 0.3) is 0 Å². The summed E-state index contributed by atoms with van der Waals surface area (Å²) >= 11 is 1.77. The highest BCUT2D eigenvalue weighted by Gasteiger charge is 2.14. The lowest BCUT2D eigenvalue weighted by Gasteiger charge is -2.16. The highest BCUT2D eigenvalue weighted by Crippen LogP contribution is 2.33. The Morgan fingerprint density at radius 1 is 1.19 bits per heavy atom. The molecule has 0 saturated heterocycles. The first kappa shape index (κ1) is 16.2. The average molecular weight is 306 g/mol. The van der Waals surface area contributed by atoms with Gasteiger partial charge in [0.15, 0.2) is 0 Å². The van der Waals surface area contributed by atoms with Crippen molar-refractivity contribution in [2.75, 3.05) is 25.5 Å². The van der Waals surface area contributed by atoms with Crippen LogP contribution in [0.5, 0.6) is 0 Å². The van der Waals surface area contributed by atoms with Crippen molar-refractivity contribution in [3.63, 3.8) is 0 Å². The van der Waals surface area contributed by atoms with Crippen molar-refractivity contribution in [2.45, 2.75) is 47.1 Å². The number of aromatic nitrogens is 2. The minimum atomic E-state index is 0.810. The van der Waals surface area contributed by atoms with Gasteiger partial charge in [-0.1, -0.05) is 13.3 Å². The monoisotopic (exact) mass is 306 g/mol. The van der Waals surface area contributed by atoms with Crippen LogP contribution in [0.15, 0.2) is 0 Å². The summed E-state index contributed by atoms with van der Waals surface area (Å²) in [5.74, 6) is 1.90. The van der Waals surface area contributed by atoms with E-state index in [4.69, 9.17) is 9.97 Å². The van der Waals surface area contributed by atoms with Crippen LogP contribution in [0.25, 0.3) is 10.2 Å². The van der Waals surface area contributed by atoms with E-state index in [0.717, 1.165) is 36.1 Å². The van der Waals surface area contributed by atoms with Crippen molar-refractivity contribution in [3.05, 3.63) is 16.3 Å². The maximum Gasteiger partial charge on any atom is 0.146 e. The van der Waals surface area contributed by atoms with Gasteiger partial charge in [-0.25, -0.2) is 9.97 Å². The van der Waals surface area contributed by atoms with Crippen LogP contribution >= 0.6 is 11.3 Å². The Bertz CT molecular complexity index is 606. The second kappa shape index (κ2) is 7.18. The Hall–Kier alpha value is -1.20. The summed E-state index contributed by atoms with van der Waals surface area (Å²) in [6.07, 6.45) is 2.44. The molecule has 0 atom stereocenters. The molecule has 4 nitrogen and oxygen atoms in total. The molecular formula is C16H26N4S. The Morgan fingerprint density at radius 3 is 2.62 bits per heavy atom. The van der Waals surface area contributed by atoms with E-state index in [1.54, 1.807) is 11.3 Å². The number of rotatable bonds is 7. The quantitative estimate of drug-likeness (QED) is 0.840. The summed E-state index contributed by atoms with van der Waals surface area (Å²) in [6, 6.07) is 0. The average Bonchev–Trinajstić information content (AvgIpc) is 2.72. The highest BCUT2D eigenvalue weighted by molar-refractivity contribution is 7.18. The van der Waals surface area contributed by atoms with Crippen LogP contribution < -0.4 is 5.32 Å². The predicted molar refractivity (Wildman–Crippen MR) is 92.3 cm³/mol. The van der Waals surface area contributed by atoms with Crippen molar-refractivity contribution >= 4 is 27.4 Å². The van der Waals surface area contributed by atoms with Crippen LogP contribution in [0.4, 0.5) is 5.82 Å². The van der Waals surface area contributed by atoms with E-state index in [1.165, 1.54) is 28.7 Å². The van der Waals surface area contributed by atoms with Crippen LogP contribution in [0.1, 0.15) is 43.0 Å². The molecular weight excluding hydrogens is 280 g/mol. The summed E-state index contributed by atoms with van der Waals surface area (Å²) in [6.45, 7) is 11.4. The number of aryl methyl sites for hydroxylation is 2. The normalized spacial score (nSPS) is 11.5. The Morgan fingerprint density at radius 2 is 1.95 bits per heavy atom. The second-order valence-electron chi connectivity index (χ2n) is 5.57. The van der Waals surface area contributed by atoms with Gasteiger partial charge in [0.05, 0.1) is 11.9 Å². The zero-order chi connectivity index (χ0) is 15.4. The van der Waals surface area contributed by atoms with Gasteiger partial charge in [-0.2, -0.15) is 0 Å². The highest BCUT2D eigenvalue weighted by atomic mass is 32.1. The van der Waals surface area contributed by atoms with E-state index >= 15 is 0 Å². The van der Waals surface area contributed by atoms with E-state index in [-0.39, 0.29) is 0 Å². The second-order valence-corrected chi connectivity index (χ2v) is 6.78.